The molecule has 0 fully saturated rings. The molecule has 2 aromatic carbocycles. The van der Waals surface area contributed by atoms with Crippen LogP contribution in [0.4, 0.5) is 0 Å². The maximum Gasteiger partial charge on any atom is 0.227 e. The summed E-state index contributed by atoms with van der Waals surface area (Å²) in [6.45, 7) is 8.45. The molecule has 0 unspecified atom stereocenters. The molecule has 0 aliphatic carbocycles. The van der Waals surface area contributed by atoms with Crippen LogP contribution in [0, 0.1) is 25.2 Å². The average Bonchev–Trinajstić information content (AvgIpc) is 3.14. The van der Waals surface area contributed by atoms with Gasteiger partial charge in [-0.15, -0.1) is 6.42 Å². The van der Waals surface area contributed by atoms with Crippen molar-refractivity contribution in [1.29, 1.82) is 0 Å². The Hall–Kier alpha value is -3.31. The molecule has 3 rings (SSSR count). The highest BCUT2D eigenvalue weighted by Crippen LogP contribution is 2.33. The second-order valence-corrected chi connectivity index (χ2v) is 8.86. The number of terminal acetylenes is 1. The minimum Gasteiger partial charge on any atom is -0.497 e. The van der Waals surface area contributed by atoms with Crippen LogP contribution >= 0.6 is 0 Å². The van der Waals surface area contributed by atoms with E-state index in [9.17, 15) is 5.11 Å². The fourth-order valence-electron chi connectivity index (χ4n) is 3.89. The Bertz CT molecular complexity index is 1110. The van der Waals surface area contributed by atoms with Gasteiger partial charge in [0.15, 0.2) is 0 Å². The highest BCUT2D eigenvalue weighted by atomic mass is 16.5. The van der Waals surface area contributed by atoms with E-state index < -0.39 is 6.10 Å². The third kappa shape index (κ3) is 7.59. The van der Waals surface area contributed by atoms with Crippen LogP contribution < -0.4 is 9.47 Å². The van der Waals surface area contributed by atoms with E-state index in [1.165, 1.54) is 0 Å². The van der Waals surface area contributed by atoms with Crippen molar-refractivity contribution < 1.29 is 19.3 Å². The lowest BCUT2D eigenvalue weighted by atomic mass is 10.1. The van der Waals surface area contributed by atoms with Crippen LogP contribution in [-0.2, 0) is 11.3 Å². The van der Waals surface area contributed by atoms with Crippen molar-refractivity contribution in [2.75, 3.05) is 33.4 Å². The summed E-state index contributed by atoms with van der Waals surface area (Å²) >= 11 is 0. The smallest absolute Gasteiger partial charge is 0.227 e. The van der Waals surface area contributed by atoms with E-state index in [0.29, 0.717) is 36.4 Å². The molecule has 1 atom stereocenters. The second kappa shape index (κ2) is 13.0. The van der Waals surface area contributed by atoms with Gasteiger partial charge in [0.1, 0.15) is 18.1 Å². The number of aryl methyl sites for hydroxylation is 1. The zero-order chi connectivity index (χ0) is 25.2. The van der Waals surface area contributed by atoms with E-state index in [2.05, 4.69) is 24.7 Å². The Labute approximate surface area is 208 Å². The van der Waals surface area contributed by atoms with Gasteiger partial charge in [-0.1, -0.05) is 44.0 Å². The molecule has 0 aliphatic heterocycles. The van der Waals surface area contributed by atoms with Gasteiger partial charge in [-0.2, -0.15) is 5.10 Å². The zero-order valence-electron chi connectivity index (χ0n) is 21.0. The quantitative estimate of drug-likeness (QED) is 0.290. The van der Waals surface area contributed by atoms with Gasteiger partial charge in [0.2, 0.25) is 5.88 Å². The number of nitrogens with zero attached hydrogens (tertiary/aromatic N) is 3. The number of hydrogen-bond donors (Lipinski definition) is 1. The minimum absolute atomic E-state index is 0.183. The normalized spacial score (nSPS) is 12.1. The van der Waals surface area contributed by atoms with E-state index in [1.54, 1.807) is 7.11 Å². The van der Waals surface area contributed by atoms with Gasteiger partial charge in [-0.25, -0.2) is 4.68 Å². The fourth-order valence-corrected chi connectivity index (χ4v) is 3.89. The van der Waals surface area contributed by atoms with Crippen LogP contribution in [0.3, 0.4) is 0 Å². The summed E-state index contributed by atoms with van der Waals surface area (Å²) in [7, 11) is 1.63. The molecule has 0 amide bonds. The lowest BCUT2D eigenvalue weighted by molar-refractivity contribution is 0.0236. The van der Waals surface area contributed by atoms with Crippen molar-refractivity contribution in [3.8, 4) is 35.4 Å². The highest BCUT2D eigenvalue weighted by molar-refractivity contribution is 5.44. The zero-order valence-corrected chi connectivity index (χ0v) is 21.0. The summed E-state index contributed by atoms with van der Waals surface area (Å²) in [5.41, 5.74) is 2.71. The lowest BCUT2D eigenvalue weighted by Gasteiger charge is -2.27. The Morgan fingerprint density at radius 1 is 1.09 bits per heavy atom. The van der Waals surface area contributed by atoms with Crippen LogP contribution in [0.1, 0.15) is 25.1 Å². The maximum absolute atomic E-state index is 10.6. The molecule has 1 aromatic heterocycles. The van der Waals surface area contributed by atoms with Crippen LogP contribution in [0.5, 0.6) is 17.4 Å². The number of rotatable bonds is 13. The summed E-state index contributed by atoms with van der Waals surface area (Å²) in [5.74, 6) is 4.83. The number of hydrogen-bond acceptors (Lipinski definition) is 6. The van der Waals surface area contributed by atoms with E-state index in [4.69, 9.17) is 25.7 Å². The molecule has 0 radical (unpaired) electrons. The summed E-state index contributed by atoms with van der Waals surface area (Å²) in [5, 5.41) is 15.4. The van der Waals surface area contributed by atoms with E-state index in [-0.39, 0.29) is 13.2 Å². The Morgan fingerprint density at radius 3 is 2.51 bits per heavy atom. The molecule has 186 valence electrons. The van der Waals surface area contributed by atoms with Crippen molar-refractivity contribution >= 4 is 0 Å². The number of aliphatic hydroxyl groups is 1. The molecule has 0 aliphatic rings. The summed E-state index contributed by atoms with van der Waals surface area (Å²) in [6, 6.07) is 17.4. The molecule has 3 aromatic rings. The van der Waals surface area contributed by atoms with Gasteiger partial charge in [0, 0.05) is 25.7 Å². The minimum atomic E-state index is -0.658. The van der Waals surface area contributed by atoms with Crippen LogP contribution in [-0.4, -0.2) is 59.3 Å². The van der Waals surface area contributed by atoms with E-state index in [0.717, 1.165) is 23.5 Å². The third-order valence-electron chi connectivity index (χ3n) is 5.36. The first kappa shape index (κ1) is 26.3. The summed E-state index contributed by atoms with van der Waals surface area (Å²) in [6.07, 6.45) is 4.59. The molecular formula is C28H35N3O4. The SMILES string of the molecule is C#CCOC[C@@H](O)CN(Cc1c(C)nn(-c2ccccc2)c1Oc1cccc(OC)c1)CC(C)C. The first-order valence-corrected chi connectivity index (χ1v) is 11.8. The van der Waals surface area contributed by atoms with Crippen LogP contribution in [0.15, 0.2) is 54.6 Å². The molecule has 1 heterocycles. The number of aliphatic hydroxyl groups excluding tert-OH is 1. The molecule has 0 spiro atoms. The molecule has 35 heavy (non-hydrogen) atoms. The maximum atomic E-state index is 10.6. The monoisotopic (exact) mass is 477 g/mol. The predicted molar refractivity (Wildman–Crippen MR) is 137 cm³/mol. The lowest BCUT2D eigenvalue weighted by Crippen LogP contribution is -2.37. The van der Waals surface area contributed by atoms with Crippen LogP contribution in [0.2, 0.25) is 0 Å². The third-order valence-corrected chi connectivity index (χ3v) is 5.36. The van der Waals surface area contributed by atoms with E-state index >= 15 is 0 Å². The van der Waals surface area contributed by atoms with Gasteiger partial charge in [-0.05, 0) is 37.1 Å². The number of para-hydroxylation sites is 1. The van der Waals surface area contributed by atoms with Crippen molar-refractivity contribution in [3.63, 3.8) is 0 Å². The fraction of sp³-hybridized carbons (Fsp3) is 0.393. The van der Waals surface area contributed by atoms with Crippen molar-refractivity contribution in [2.24, 2.45) is 5.92 Å². The number of methoxy groups -OCH3 is 1. The molecule has 0 bridgehead atoms. The topological polar surface area (TPSA) is 69.0 Å². The van der Waals surface area contributed by atoms with Gasteiger partial charge < -0.3 is 19.3 Å². The molecule has 0 saturated heterocycles. The number of aromatic nitrogens is 2. The van der Waals surface area contributed by atoms with Crippen molar-refractivity contribution in [3.05, 3.63) is 65.9 Å². The molecular weight excluding hydrogens is 442 g/mol. The average molecular weight is 478 g/mol. The first-order chi connectivity index (χ1) is 16.9. The molecule has 7 heteroatoms. The molecule has 0 saturated carbocycles. The van der Waals surface area contributed by atoms with Gasteiger partial charge in [-0.3, -0.25) is 4.90 Å². The van der Waals surface area contributed by atoms with Gasteiger partial charge in [0.25, 0.3) is 0 Å². The first-order valence-electron chi connectivity index (χ1n) is 11.8. The Balaban J connectivity index is 1.95. The Morgan fingerprint density at radius 2 is 1.83 bits per heavy atom. The number of benzene rings is 2. The van der Waals surface area contributed by atoms with Crippen molar-refractivity contribution in [2.45, 2.75) is 33.4 Å². The predicted octanol–water partition coefficient (Wildman–Crippen LogP) is 4.45. The standard InChI is InChI=1S/C28H35N3O4/c1-6-15-34-20-24(32)18-30(17-21(2)3)19-27-22(4)29-31(23-11-8-7-9-12-23)28(27)35-26-14-10-13-25(16-26)33-5/h1,7-14,16,21,24,32H,15,17-20H2,2-5H3/t24-/m0/s1. The number of ether oxygens (including phenoxy) is 3. The largest absolute Gasteiger partial charge is 0.497 e. The van der Waals surface area contributed by atoms with Gasteiger partial charge in [0.05, 0.1) is 36.8 Å². The highest BCUT2D eigenvalue weighted by Gasteiger charge is 2.23. The summed E-state index contributed by atoms with van der Waals surface area (Å²) < 4.78 is 19.0. The van der Waals surface area contributed by atoms with Crippen molar-refractivity contribution in [1.82, 2.24) is 14.7 Å². The van der Waals surface area contributed by atoms with Crippen LogP contribution in [0.25, 0.3) is 5.69 Å². The summed E-state index contributed by atoms with van der Waals surface area (Å²) in [4.78, 5) is 2.20. The van der Waals surface area contributed by atoms with Gasteiger partial charge >= 0.3 is 0 Å². The van der Waals surface area contributed by atoms with E-state index in [1.807, 2.05) is 66.2 Å². The molecule has 7 nitrogen and oxygen atoms in total. The molecule has 1 N–H and O–H groups in total. The second-order valence-electron chi connectivity index (χ2n) is 8.86. The Kier molecular flexibility index (Phi) is 9.74.